The van der Waals surface area contributed by atoms with Crippen molar-refractivity contribution in [1.82, 2.24) is 0 Å². The molecule has 15 nitrogen and oxygen atoms in total. The highest BCUT2D eigenvalue weighted by atomic mass is 32.2. The van der Waals surface area contributed by atoms with Gasteiger partial charge in [0.15, 0.2) is 12.6 Å². The second kappa shape index (κ2) is 30.7. The van der Waals surface area contributed by atoms with Crippen LogP contribution in [-0.4, -0.2) is 132 Å². The van der Waals surface area contributed by atoms with E-state index in [2.05, 4.69) is 0 Å². The van der Waals surface area contributed by atoms with Crippen LogP contribution < -0.4 is 0 Å². The standard InChI is InChI=1S/C66H72O15S/c67-36-52-58(71-37-45-22-8-1-9-23-45)55(68)61(74-40-48-28-14-4-15-29-48)64(79-52)77-43-53-59(72-38-46-24-10-2-11-25-46)56(69)62(75-41-49-30-16-5-17-31-49)65(80-53)78-44-54-60(73-39-47-26-12-3-13-27-47)57(70)63(76-42-50-32-18-6-19-33-50)66(81-54)82-51-34-20-7-21-35-51/h1-35,52-70H,36-44H2/t52?,53?,54?,55?,56?,57?,58-,59-,60-,61?,62?,63?,64-,65-,66+/m1/s1. The van der Waals surface area contributed by atoms with E-state index in [4.69, 9.17) is 52.1 Å². The molecule has 82 heavy (non-hydrogen) atoms. The van der Waals surface area contributed by atoms with Crippen molar-refractivity contribution < 1.29 is 72.5 Å². The Kier molecular flexibility index (Phi) is 22.3. The van der Waals surface area contributed by atoms with E-state index in [0.717, 1.165) is 38.3 Å². The minimum atomic E-state index is -1.39. The summed E-state index contributed by atoms with van der Waals surface area (Å²) in [5.41, 5.74) is 4.48. The molecule has 3 fully saturated rings. The molecule has 3 aliphatic heterocycles. The lowest BCUT2D eigenvalue weighted by Gasteiger charge is -2.47. The maximum atomic E-state index is 12.7. The number of aliphatic hydroxyl groups is 4. The monoisotopic (exact) mass is 1140 g/mol. The van der Waals surface area contributed by atoms with Crippen LogP contribution in [0.15, 0.2) is 217 Å². The Labute approximate surface area is 483 Å². The van der Waals surface area contributed by atoms with Gasteiger partial charge in [0.05, 0.1) is 59.5 Å². The summed E-state index contributed by atoms with van der Waals surface area (Å²) < 4.78 is 73.0. The molecule has 7 aromatic carbocycles. The van der Waals surface area contributed by atoms with E-state index in [1.165, 1.54) is 11.8 Å². The largest absolute Gasteiger partial charge is 0.394 e. The Morgan fingerprint density at radius 3 is 0.915 bits per heavy atom. The van der Waals surface area contributed by atoms with Crippen molar-refractivity contribution in [2.45, 2.75) is 136 Å². The van der Waals surface area contributed by atoms with E-state index in [-0.39, 0.29) is 52.9 Å². The minimum Gasteiger partial charge on any atom is -0.394 e. The first-order chi connectivity index (χ1) is 40.4. The molecule has 0 amide bonds. The highest BCUT2D eigenvalue weighted by molar-refractivity contribution is 7.99. The number of benzene rings is 7. The van der Waals surface area contributed by atoms with Gasteiger partial charge in [-0.05, 0) is 45.5 Å². The number of rotatable bonds is 27. The molecule has 10 rings (SSSR count). The molecule has 432 valence electrons. The average molecular weight is 1140 g/mol. The Balaban J connectivity index is 0.939. The third kappa shape index (κ3) is 16.3. The summed E-state index contributed by atoms with van der Waals surface area (Å²) in [7, 11) is 0. The van der Waals surface area contributed by atoms with Gasteiger partial charge in [0.25, 0.3) is 0 Å². The molecule has 0 aromatic heterocycles. The van der Waals surface area contributed by atoms with Crippen LogP contribution in [0.1, 0.15) is 33.4 Å². The van der Waals surface area contributed by atoms with E-state index < -0.39 is 97.9 Å². The first-order valence-corrected chi connectivity index (χ1v) is 28.7. The van der Waals surface area contributed by atoms with Gasteiger partial charge < -0.3 is 72.5 Å². The van der Waals surface area contributed by atoms with Gasteiger partial charge in [0.1, 0.15) is 78.7 Å². The Bertz CT molecular complexity index is 2870. The van der Waals surface area contributed by atoms with Crippen LogP contribution in [-0.2, 0) is 91.7 Å². The van der Waals surface area contributed by atoms with E-state index in [1.54, 1.807) is 0 Å². The van der Waals surface area contributed by atoms with Gasteiger partial charge in [-0.15, -0.1) is 0 Å². The average Bonchev–Trinajstić information content (AvgIpc) is 3.72. The van der Waals surface area contributed by atoms with E-state index in [9.17, 15) is 20.4 Å². The summed E-state index contributed by atoms with van der Waals surface area (Å²) in [6.07, 6.45) is -15.7. The number of hydrogen-bond acceptors (Lipinski definition) is 16. The maximum absolute atomic E-state index is 12.7. The number of hydrogen-bond donors (Lipinski definition) is 4. The van der Waals surface area contributed by atoms with Crippen molar-refractivity contribution in [3.05, 3.63) is 246 Å². The van der Waals surface area contributed by atoms with Crippen LogP contribution in [0, 0.1) is 0 Å². The van der Waals surface area contributed by atoms with E-state index >= 15 is 0 Å². The van der Waals surface area contributed by atoms with Gasteiger partial charge in [-0.1, -0.05) is 212 Å². The zero-order valence-electron chi connectivity index (χ0n) is 45.4. The number of thioether (sulfide) groups is 1. The molecule has 0 aliphatic carbocycles. The van der Waals surface area contributed by atoms with Gasteiger partial charge in [-0.2, -0.15) is 0 Å². The van der Waals surface area contributed by atoms with Crippen LogP contribution >= 0.6 is 11.8 Å². The van der Waals surface area contributed by atoms with Gasteiger partial charge in [0, 0.05) is 4.90 Å². The minimum absolute atomic E-state index is 0.0837. The summed E-state index contributed by atoms with van der Waals surface area (Å²) in [5.74, 6) is 0. The van der Waals surface area contributed by atoms with Gasteiger partial charge in [-0.3, -0.25) is 0 Å². The number of aliphatic hydroxyl groups excluding tert-OH is 4. The Morgan fingerprint density at radius 2 is 0.573 bits per heavy atom. The zero-order valence-corrected chi connectivity index (χ0v) is 46.2. The second-order valence-electron chi connectivity index (χ2n) is 20.4. The predicted molar refractivity (Wildman–Crippen MR) is 305 cm³/mol. The summed E-state index contributed by atoms with van der Waals surface area (Å²) >= 11 is 1.42. The zero-order chi connectivity index (χ0) is 56.3. The normalized spacial score (nSPS) is 28.4. The van der Waals surface area contributed by atoms with Crippen molar-refractivity contribution in [2.24, 2.45) is 0 Å². The van der Waals surface area contributed by atoms with Gasteiger partial charge >= 0.3 is 0 Å². The maximum Gasteiger partial charge on any atom is 0.187 e. The lowest BCUT2D eigenvalue weighted by Crippen LogP contribution is -2.64. The molecule has 4 N–H and O–H groups in total. The molecule has 3 saturated heterocycles. The van der Waals surface area contributed by atoms with E-state index in [0.29, 0.717) is 0 Å². The molecule has 9 unspecified atom stereocenters. The topological polar surface area (TPSA) is 182 Å². The molecule has 15 atom stereocenters. The molecule has 0 saturated carbocycles. The van der Waals surface area contributed by atoms with Gasteiger partial charge in [-0.25, -0.2) is 0 Å². The van der Waals surface area contributed by atoms with E-state index in [1.807, 2.05) is 212 Å². The summed E-state index contributed by atoms with van der Waals surface area (Å²) in [4.78, 5) is 0.900. The van der Waals surface area contributed by atoms with Gasteiger partial charge in [0.2, 0.25) is 0 Å². The fourth-order valence-corrected chi connectivity index (χ4v) is 11.4. The van der Waals surface area contributed by atoms with Crippen molar-refractivity contribution in [1.29, 1.82) is 0 Å². The van der Waals surface area contributed by atoms with Crippen LogP contribution in [0.2, 0.25) is 0 Å². The highest BCUT2D eigenvalue weighted by Gasteiger charge is 2.52. The highest BCUT2D eigenvalue weighted by Crippen LogP contribution is 2.38. The van der Waals surface area contributed by atoms with Crippen LogP contribution in [0.3, 0.4) is 0 Å². The molecular formula is C66H72O15S. The lowest BCUT2D eigenvalue weighted by atomic mass is 9.97. The third-order valence-electron chi connectivity index (χ3n) is 14.6. The SMILES string of the molecule is OCC1O[C@@H](OCC2O[C@@H](OCC3O[C@@H](Sc4ccccc4)C(OCc4ccccc4)C(O)[C@@H]3OCc3ccccc3)C(OCc3ccccc3)C(O)[C@@H]2OCc2ccccc2)C(OCc2ccccc2)C(O)[C@@H]1OCc1ccccc1. The van der Waals surface area contributed by atoms with Crippen molar-refractivity contribution in [3.8, 4) is 0 Å². The molecule has 7 aromatic rings. The van der Waals surface area contributed by atoms with Crippen molar-refractivity contribution in [3.63, 3.8) is 0 Å². The molecule has 0 radical (unpaired) electrons. The quantitative estimate of drug-likeness (QED) is 0.0384. The molecule has 3 aliphatic rings. The summed E-state index contributed by atoms with van der Waals surface area (Å²) in [6.45, 7) is -0.209. The van der Waals surface area contributed by atoms with Crippen LogP contribution in [0.5, 0.6) is 0 Å². The third-order valence-corrected chi connectivity index (χ3v) is 15.7. The first-order valence-electron chi connectivity index (χ1n) is 27.9. The summed E-state index contributed by atoms with van der Waals surface area (Å²) in [5, 5.41) is 48.2. The molecule has 3 heterocycles. The number of ether oxygens (including phenoxy) is 11. The second-order valence-corrected chi connectivity index (χ2v) is 21.6. The predicted octanol–water partition coefficient (Wildman–Crippen LogP) is 8.57. The van der Waals surface area contributed by atoms with Crippen molar-refractivity contribution in [2.75, 3.05) is 19.8 Å². The molecule has 16 heteroatoms. The fraction of sp³-hybridized carbons (Fsp3) is 0.364. The first kappa shape index (κ1) is 59.4. The lowest BCUT2D eigenvalue weighted by molar-refractivity contribution is -0.350. The van der Waals surface area contributed by atoms with Crippen LogP contribution in [0.25, 0.3) is 0 Å². The van der Waals surface area contributed by atoms with Crippen molar-refractivity contribution >= 4 is 11.8 Å². The molecule has 0 spiro atoms. The smallest absolute Gasteiger partial charge is 0.187 e. The van der Waals surface area contributed by atoms with Crippen LogP contribution in [0.4, 0.5) is 0 Å². The Morgan fingerprint density at radius 1 is 0.305 bits per heavy atom. The molecule has 0 bridgehead atoms. The Hall–Kier alpha value is -5.71. The molecular weight excluding hydrogens is 1060 g/mol. The fourth-order valence-electron chi connectivity index (χ4n) is 10.2. The summed E-state index contributed by atoms with van der Waals surface area (Å²) in [6, 6.07) is 67.3.